The summed E-state index contributed by atoms with van der Waals surface area (Å²) in [6.07, 6.45) is 6.79. The Kier molecular flexibility index (Phi) is 7.55. The molecule has 9 heteroatoms. The number of anilines is 1. The van der Waals surface area contributed by atoms with Crippen LogP contribution in [0.3, 0.4) is 0 Å². The fourth-order valence-corrected chi connectivity index (χ4v) is 9.05. The van der Waals surface area contributed by atoms with E-state index in [9.17, 15) is 18.3 Å². The van der Waals surface area contributed by atoms with E-state index in [-0.39, 0.29) is 23.0 Å². The van der Waals surface area contributed by atoms with Crippen LogP contribution in [-0.4, -0.2) is 51.0 Å². The number of nitrogens with one attached hydrogen (secondary N) is 1. The van der Waals surface area contributed by atoms with Crippen LogP contribution in [0.4, 0.5) is 5.69 Å². The second-order valence-corrected chi connectivity index (χ2v) is 14.8. The summed E-state index contributed by atoms with van der Waals surface area (Å²) < 4.78 is 34.4. The molecule has 0 unspecified atom stereocenters. The molecule has 216 valence electrons. The van der Waals surface area contributed by atoms with Crippen LogP contribution in [0.2, 0.25) is 5.02 Å². The van der Waals surface area contributed by atoms with E-state index in [4.69, 9.17) is 16.3 Å². The lowest BCUT2D eigenvalue weighted by atomic mass is 9.68. The monoisotopic (exact) mass is 586 g/mol. The number of aryl methyl sites for hydroxylation is 1. The van der Waals surface area contributed by atoms with Gasteiger partial charge in [0.2, 0.25) is 10.0 Å². The zero-order chi connectivity index (χ0) is 28.1. The topological polar surface area (TPSA) is 95.9 Å². The molecule has 1 amide bonds. The highest BCUT2D eigenvalue weighted by Crippen LogP contribution is 2.47. The number of hydrogen-bond acceptors (Lipinski definition) is 6. The van der Waals surface area contributed by atoms with E-state index in [2.05, 4.69) is 21.8 Å². The third-order valence-electron chi connectivity index (χ3n) is 9.67. The van der Waals surface area contributed by atoms with Gasteiger partial charge < -0.3 is 14.7 Å². The lowest BCUT2D eigenvalue weighted by Crippen LogP contribution is -2.49. The Labute approximate surface area is 242 Å². The molecule has 1 fully saturated rings. The van der Waals surface area contributed by atoms with Crippen molar-refractivity contribution in [3.05, 3.63) is 58.1 Å². The molecular weight excluding hydrogens is 548 g/mol. The van der Waals surface area contributed by atoms with Crippen molar-refractivity contribution in [2.45, 2.75) is 69.8 Å². The van der Waals surface area contributed by atoms with E-state index in [1.807, 2.05) is 13.0 Å². The highest BCUT2D eigenvalue weighted by molar-refractivity contribution is 7.90. The highest BCUT2D eigenvalue weighted by atomic mass is 35.5. The van der Waals surface area contributed by atoms with Crippen molar-refractivity contribution in [3.63, 3.8) is 0 Å². The minimum absolute atomic E-state index is 0.108. The first-order valence-electron chi connectivity index (χ1n) is 14.7. The quantitative estimate of drug-likeness (QED) is 0.447. The molecule has 0 aromatic heterocycles. The number of aliphatic hydroxyl groups excluding tert-OH is 1. The molecule has 0 saturated heterocycles. The van der Waals surface area contributed by atoms with Crippen molar-refractivity contribution in [1.29, 1.82) is 0 Å². The Hall–Kier alpha value is -2.29. The number of nitrogens with zero attached hydrogens (tertiary/aromatic N) is 1. The van der Waals surface area contributed by atoms with E-state index >= 15 is 0 Å². The first kappa shape index (κ1) is 27.9. The lowest BCUT2D eigenvalue weighted by molar-refractivity contribution is 0.00868. The zero-order valence-corrected chi connectivity index (χ0v) is 24.6. The SMILES string of the molecule is C[C@H]1CCC[C@H](O)[C@@H]2CC[C@H]2CN2C[C@@]3(CCCc4cc(Cl)ccc43)COc3ccc(cc32)C(=O)NS(=O)(=O)C1. The van der Waals surface area contributed by atoms with Gasteiger partial charge in [-0.3, -0.25) is 4.79 Å². The third kappa shape index (κ3) is 5.47. The van der Waals surface area contributed by atoms with Crippen molar-refractivity contribution in [1.82, 2.24) is 4.72 Å². The number of rotatable bonds is 0. The molecule has 6 rings (SSSR count). The van der Waals surface area contributed by atoms with Crippen LogP contribution in [0.15, 0.2) is 36.4 Å². The largest absolute Gasteiger partial charge is 0.490 e. The van der Waals surface area contributed by atoms with Gasteiger partial charge in [0.1, 0.15) is 5.75 Å². The predicted octanol–water partition coefficient (Wildman–Crippen LogP) is 5.08. The van der Waals surface area contributed by atoms with Crippen molar-refractivity contribution in [2.24, 2.45) is 17.8 Å². The highest BCUT2D eigenvalue weighted by Gasteiger charge is 2.44. The summed E-state index contributed by atoms with van der Waals surface area (Å²) in [5, 5.41) is 11.9. The normalized spacial score (nSPS) is 32.1. The standard InChI is InChI=1S/C31H39ClN2O5S/c1-20-4-2-6-28(35)25-10-7-23(25)16-34-18-31(13-3-5-21-14-24(32)9-11-26(21)31)19-39-29-12-8-22(15-27(29)34)30(36)33-40(37,38)17-20/h8-9,11-12,14-15,20,23,25,28,35H,2-7,10,13,16-19H2,1H3,(H,33,36)/t20-,23-,25+,28-,31-/m0/s1. The van der Waals surface area contributed by atoms with Gasteiger partial charge >= 0.3 is 0 Å². The van der Waals surface area contributed by atoms with Crippen molar-refractivity contribution >= 4 is 33.2 Å². The Morgan fingerprint density at radius 3 is 2.75 bits per heavy atom. The minimum atomic E-state index is -3.80. The Bertz CT molecular complexity index is 1400. The molecule has 2 aromatic carbocycles. The molecular formula is C31H39ClN2O5S. The van der Waals surface area contributed by atoms with Crippen LogP contribution in [0.25, 0.3) is 0 Å². The van der Waals surface area contributed by atoms with E-state index in [0.717, 1.165) is 62.3 Å². The van der Waals surface area contributed by atoms with Crippen LogP contribution in [-0.2, 0) is 21.9 Å². The Morgan fingerprint density at radius 1 is 1.10 bits per heavy atom. The third-order valence-corrected chi connectivity index (χ3v) is 11.4. The summed E-state index contributed by atoms with van der Waals surface area (Å²) in [5.74, 6) is 0.420. The van der Waals surface area contributed by atoms with Crippen molar-refractivity contribution in [3.8, 4) is 5.75 Å². The number of ether oxygens (including phenoxy) is 1. The Morgan fingerprint density at radius 2 is 1.95 bits per heavy atom. The van der Waals surface area contributed by atoms with E-state index in [1.165, 1.54) is 11.1 Å². The average Bonchev–Trinajstić information content (AvgIpc) is 3.02. The second kappa shape index (κ2) is 10.8. The number of aliphatic hydroxyl groups is 1. The first-order valence-corrected chi connectivity index (χ1v) is 16.7. The number of benzene rings is 2. The van der Waals surface area contributed by atoms with Crippen LogP contribution in [0, 0.1) is 17.8 Å². The molecule has 2 aliphatic carbocycles. The van der Waals surface area contributed by atoms with Gasteiger partial charge in [-0.2, -0.15) is 0 Å². The summed E-state index contributed by atoms with van der Waals surface area (Å²) in [6, 6.07) is 11.4. The molecule has 1 saturated carbocycles. The molecule has 5 atom stereocenters. The molecule has 2 aromatic rings. The number of amides is 1. The molecule has 2 aliphatic heterocycles. The fourth-order valence-electron chi connectivity index (χ4n) is 7.46. The number of fused-ring (bicyclic) bond motifs is 4. The van der Waals surface area contributed by atoms with Gasteiger partial charge in [0, 0.05) is 29.1 Å². The Balaban J connectivity index is 1.40. The van der Waals surface area contributed by atoms with Crippen LogP contribution in [0.5, 0.6) is 5.75 Å². The van der Waals surface area contributed by atoms with E-state index < -0.39 is 22.0 Å². The molecule has 1 spiro atoms. The van der Waals surface area contributed by atoms with Crippen molar-refractivity contribution < 1.29 is 23.1 Å². The molecule has 7 nitrogen and oxygen atoms in total. The summed E-state index contributed by atoms with van der Waals surface area (Å²) in [7, 11) is -3.80. The average molecular weight is 587 g/mol. The number of hydrogen-bond donors (Lipinski definition) is 2. The molecule has 40 heavy (non-hydrogen) atoms. The van der Waals surface area contributed by atoms with Crippen LogP contribution >= 0.6 is 11.6 Å². The zero-order valence-electron chi connectivity index (χ0n) is 23.1. The predicted molar refractivity (Wildman–Crippen MR) is 157 cm³/mol. The summed E-state index contributed by atoms with van der Waals surface area (Å²) in [6.45, 7) is 3.87. The second-order valence-electron chi connectivity index (χ2n) is 12.6. The van der Waals surface area contributed by atoms with Gasteiger partial charge in [-0.05, 0) is 104 Å². The maximum atomic E-state index is 13.2. The van der Waals surface area contributed by atoms with Gasteiger partial charge in [0.15, 0.2) is 0 Å². The van der Waals surface area contributed by atoms with Gasteiger partial charge in [-0.15, -0.1) is 0 Å². The van der Waals surface area contributed by atoms with Crippen LogP contribution < -0.4 is 14.4 Å². The fraction of sp³-hybridized carbons (Fsp3) is 0.581. The number of sulfonamides is 1. The molecule has 2 heterocycles. The van der Waals surface area contributed by atoms with E-state index in [1.54, 1.807) is 18.2 Å². The van der Waals surface area contributed by atoms with Gasteiger partial charge in [0.25, 0.3) is 5.91 Å². The molecule has 2 bridgehead atoms. The smallest absolute Gasteiger partial charge is 0.264 e. The van der Waals surface area contributed by atoms with Gasteiger partial charge in [-0.25, -0.2) is 13.1 Å². The van der Waals surface area contributed by atoms with Gasteiger partial charge in [0.05, 0.1) is 24.2 Å². The van der Waals surface area contributed by atoms with Crippen molar-refractivity contribution in [2.75, 3.05) is 30.3 Å². The number of carbonyl (C=O) groups is 1. The maximum Gasteiger partial charge on any atom is 0.264 e. The van der Waals surface area contributed by atoms with Crippen LogP contribution in [0.1, 0.15) is 73.4 Å². The summed E-state index contributed by atoms with van der Waals surface area (Å²) in [5.41, 5.74) is 3.40. The summed E-state index contributed by atoms with van der Waals surface area (Å²) >= 11 is 6.37. The first-order chi connectivity index (χ1) is 19.1. The van der Waals surface area contributed by atoms with Gasteiger partial charge in [-0.1, -0.05) is 31.0 Å². The lowest BCUT2D eigenvalue weighted by Gasteiger charge is -2.45. The minimum Gasteiger partial charge on any atom is -0.490 e. The van der Waals surface area contributed by atoms with E-state index in [0.29, 0.717) is 36.7 Å². The molecule has 0 radical (unpaired) electrons. The number of halogens is 1. The molecule has 4 aliphatic rings. The number of carbonyl (C=O) groups excluding carboxylic acids is 1. The summed E-state index contributed by atoms with van der Waals surface area (Å²) in [4.78, 5) is 15.5. The molecule has 2 N–H and O–H groups in total. The maximum absolute atomic E-state index is 13.2.